The van der Waals surface area contributed by atoms with Crippen LogP contribution in [0.3, 0.4) is 0 Å². The fraction of sp³-hybridized carbons (Fsp3) is 0.650. The summed E-state index contributed by atoms with van der Waals surface area (Å²) < 4.78 is 11.0. The third-order valence-electron chi connectivity index (χ3n) is 4.63. The highest BCUT2D eigenvalue weighted by Gasteiger charge is 2.18. The molecule has 6 nitrogen and oxygen atoms in total. The van der Waals surface area contributed by atoms with E-state index in [4.69, 9.17) is 14.5 Å². The van der Waals surface area contributed by atoms with Gasteiger partial charge in [0.15, 0.2) is 17.5 Å². The second-order valence-corrected chi connectivity index (χ2v) is 6.54. The van der Waals surface area contributed by atoms with Crippen molar-refractivity contribution in [1.82, 2.24) is 10.2 Å². The van der Waals surface area contributed by atoms with Crippen LogP contribution in [0.4, 0.5) is 5.69 Å². The van der Waals surface area contributed by atoms with E-state index in [-0.39, 0.29) is 24.0 Å². The van der Waals surface area contributed by atoms with Crippen LogP contribution in [0.2, 0.25) is 0 Å². The molecule has 2 rings (SSSR count). The van der Waals surface area contributed by atoms with Gasteiger partial charge in [-0.15, -0.1) is 24.0 Å². The van der Waals surface area contributed by atoms with Crippen LogP contribution in [0.25, 0.3) is 0 Å². The molecule has 1 fully saturated rings. The summed E-state index contributed by atoms with van der Waals surface area (Å²) in [6, 6.07) is 5.85. The molecule has 27 heavy (non-hydrogen) atoms. The van der Waals surface area contributed by atoms with Gasteiger partial charge in [0.1, 0.15) is 0 Å². The Morgan fingerprint density at radius 1 is 1.26 bits per heavy atom. The van der Waals surface area contributed by atoms with Crippen molar-refractivity contribution in [2.45, 2.75) is 33.6 Å². The van der Waals surface area contributed by atoms with Gasteiger partial charge in [-0.1, -0.05) is 6.92 Å². The molecule has 1 atom stereocenters. The molecule has 0 bridgehead atoms. The van der Waals surface area contributed by atoms with Crippen LogP contribution in [-0.2, 0) is 0 Å². The lowest BCUT2D eigenvalue weighted by atomic mass is 9.98. The number of nitrogens with one attached hydrogen (secondary N) is 2. The van der Waals surface area contributed by atoms with Crippen LogP contribution in [0.15, 0.2) is 23.2 Å². The lowest BCUT2D eigenvalue weighted by Crippen LogP contribution is -2.37. The Balaban J connectivity index is 0.00000364. The number of methoxy groups -OCH3 is 1. The van der Waals surface area contributed by atoms with Crippen molar-refractivity contribution < 1.29 is 9.47 Å². The van der Waals surface area contributed by atoms with E-state index in [1.165, 1.54) is 19.4 Å². The second-order valence-electron chi connectivity index (χ2n) is 6.54. The molecular formula is C20H35IN4O2. The molecule has 1 unspecified atom stereocenters. The molecule has 154 valence electrons. The van der Waals surface area contributed by atoms with E-state index in [0.717, 1.165) is 49.3 Å². The zero-order chi connectivity index (χ0) is 18.8. The maximum Gasteiger partial charge on any atom is 0.195 e. The van der Waals surface area contributed by atoms with Crippen LogP contribution >= 0.6 is 24.0 Å². The number of hydrogen-bond donors (Lipinski definition) is 2. The topological polar surface area (TPSA) is 58.1 Å². The van der Waals surface area contributed by atoms with E-state index in [2.05, 4.69) is 29.4 Å². The van der Waals surface area contributed by atoms with Gasteiger partial charge in [-0.05, 0) is 57.8 Å². The van der Waals surface area contributed by atoms with Crippen LogP contribution in [0.5, 0.6) is 11.5 Å². The molecule has 0 radical (unpaired) electrons. The van der Waals surface area contributed by atoms with Gasteiger partial charge in [-0.3, -0.25) is 4.99 Å². The number of nitrogens with zero attached hydrogens (tertiary/aromatic N) is 2. The first-order valence-electron chi connectivity index (χ1n) is 9.78. The Labute approximate surface area is 181 Å². The highest BCUT2D eigenvalue weighted by Crippen LogP contribution is 2.30. The molecule has 1 saturated heterocycles. The van der Waals surface area contributed by atoms with Crippen molar-refractivity contribution in [2.75, 3.05) is 51.8 Å². The van der Waals surface area contributed by atoms with E-state index in [1.54, 1.807) is 7.11 Å². The van der Waals surface area contributed by atoms with Crippen molar-refractivity contribution in [3.63, 3.8) is 0 Å². The van der Waals surface area contributed by atoms with Gasteiger partial charge in [0.05, 0.1) is 13.7 Å². The fourth-order valence-electron chi connectivity index (χ4n) is 3.27. The number of ether oxygens (including phenoxy) is 2. The van der Waals surface area contributed by atoms with Crippen molar-refractivity contribution in [3.05, 3.63) is 18.2 Å². The Kier molecular flexibility index (Phi) is 11.5. The Bertz CT molecular complexity index is 583. The number of likely N-dealkylation sites (tertiary alicyclic amines) is 1. The molecule has 0 aliphatic carbocycles. The molecule has 0 saturated carbocycles. The minimum atomic E-state index is 0. The van der Waals surface area contributed by atoms with E-state index in [0.29, 0.717) is 12.5 Å². The molecule has 7 heteroatoms. The smallest absolute Gasteiger partial charge is 0.195 e. The van der Waals surface area contributed by atoms with E-state index in [9.17, 15) is 0 Å². The first-order valence-corrected chi connectivity index (χ1v) is 9.78. The number of guanidine groups is 1. The normalized spacial score (nSPS) is 17.8. The van der Waals surface area contributed by atoms with Gasteiger partial charge in [-0.2, -0.15) is 0 Å². The highest BCUT2D eigenvalue weighted by molar-refractivity contribution is 14.0. The molecule has 1 aromatic carbocycles. The van der Waals surface area contributed by atoms with Crippen LogP contribution < -0.4 is 20.1 Å². The number of piperidine rings is 1. The molecule has 1 aromatic rings. The summed E-state index contributed by atoms with van der Waals surface area (Å²) in [5.41, 5.74) is 0.938. The monoisotopic (exact) mass is 490 g/mol. The van der Waals surface area contributed by atoms with E-state index < -0.39 is 0 Å². The number of benzene rings is 1. The number of rotatable bonds is 8. The maximum atomic E-state index is 5.66. The summed E-state index contributed by atoms with van der Waals surface area (Å²) in [6.45, 7) is 12.1. The quantitative estimate of drug-likeness (QED) is 0.330. The minimum Gasteiger partial charge on any atom is -0.493 e. The highest BCUT2D eigenvalue weighted by atomic mass is 127. The van der Waals surface area contributed by atoms with Crippen LogP contribution in [-0.4, -0.2) is 57.3 Å². The molecule has 2 N–H and O–H groups in total. The Hall–Kier alpha value is -1.22. The van der Waals surface area contributed by atoms with Crippen molar-refractivity contribution in [2.24, 2.45) is 10.9 Å². The largest absolute Gasteiger partial charge is 0.493 e. The average molecular weight is 490 g/mol. The van der Waals surface area contributed by atoms with E-state index in [1.807, 2.05) is 25.1 Å². The predicted octanol–water partition coefficient (Wildman–Crippen LogP) is 3.82. The number of anilines is 1. The zero-order valence-electron chi connectivity index (χ0n) is 17.1. The molecule has 0 amide bonds. The van der Waals surface area contributed by atoms with Gasteiger partial charge in [0, 0.05) is 31.4 Å². The van der Waals surface area contributed by atoms with E-state index >= 15 is 0 Å². The summed E-state index contributed by atoms with van der Waals surface area (Å²) in [5, 5.41) is 6.71. The van der Waals surface area contributed by atoms with Crippen molar-refractivity contribution >= 4 is 35.6 Å². The molecular weight excluding hydrogens is 455 g/mol. The van der Waals surface area contributed by atoms with Crippen LogP contribution in [0, 0.1) is 5.92 Å². The van der Waals surface area contributed by atoms with Crippen molar-refractivity contribution in [1.29, 1.82) is 0 Å². The second kappa shape index (κ2) is 13.0. The van der Waals surface area contributed by atoms with Gasteiger partial charge < -0.3 is 25.0 Å². The summed E-state index contributed by atoms with van der Waals surface area (Å²) in [7, 11) is 1.65. The molecule has 0 spiro atoms. The molecule has 1 heterocycles. The first kappa shape index (κ1) is 23.8. The molecule has 1 aliphatic rings. The first-order chi connectivity index (χ1) is 12.7. The van der Waals surface area contributed by atoms with Gasteiger partial charge >= 0.3 is 0 Å². The Morgan fingerprint density at radius 2 is 2.07 bits per heavy atom. The summed E-state index contributed by atoms with van der Waals surface area (Å²) in [4.78, 5) is 7.33. The summed E-state index contributed by atoms with van der Waals surface area (Å²) in [5.74, 6) is 2.92. The number of aliphatic imine (C=N–C) groups is 1. The SMILES string of the molecule is CCNC(=NCC1CCCN(CC)C1)Nc1ccc(OC)c(OCC)c1.I. The summed E-state index contributed by atoms with van der Waals surface area (Å²) >= 11 is 0. The Morgan fingerprint density at radius 3 is 2.74 bits per heavy atom. The lowest BCUT2D eigenvalue weighted by molar-refractivity contribution is 0.187. The third kappa shape index (κ3) is 7.73. The number of hydrogen-bond acceptors (Lipinski definition) is 4. The van der Waals surface area contributed by atoms with Gasteiger partial charge in [0.2, 0.25) is 0 Å². The number of halogens is 1. The molecule has 0 aromatic heterocycles. The maximum absolute atomic E-state index is 5.66. The summed E-state index contributed by atoms with van der Waals surface area (Å²) in [6.07, 6.45) is 2.53. The lowest BCUT2D eigenvalue weighted by Gasteiger charge is -2.31. The minimum absolute atomic E-state index is 0. The predicted molar refractivity (Wildman–Crippen MR) is 124 cm³/mol. The average Bonchev–Trinajstić information content (AvgIpc) is 2.67. The third-order valence-corrected chi connectivity index (χ3v) is 4.63. The zero-order valence-corrected chi connectivity index (χ0v) is 19.4. The van der Waals surface area contributed by atoms with Gasteiger partial charge in [0.25, 0.3) is 0 Å². The van der Waals surface area contributed by atoms with Crippen molar-refractivity contribution in [3.8, 4) is 11.5 Å². The fourth-order valence-corrected chi connectivity index (χ4v) is 3.27. The standard InChI is InChI=1S/C20H34N4O2.HI/c1-5-21-20(22-14-16-9-8-12-24(6-2)15-16)23-17-10-11-18(25-4)19(13-17)26-7-3;/h10-11,13,16H,5-9,12,14-15H2,1-4H3,(H2,21,22,23);1H. The van der Waals surface area contributed by atoms with Gasteiger partial charge in [-0.25, -0.2) is 0 Å². The molecule has 1 aliphatic heterocycles. The van der Waals surface area contributed by atoms with Crippen LogP contribution in [0.1, 0.15) is 33.6 Å².